The molecule has 0 fully saturated rings. The first-order valence-corrected chi connectivity index (χ1v) is 13.1. The molecular weight excluding hydrogens is 272 g/mol. The molecule has 0 amide bonds. The second kappa shape index (κ2) is 9.66. The molecule has 0 spiro atoms. The topological polar surface area (TPSA) is 27.7 Å². The van der Waals surface area contributed by atoms with Crippen LogP contribution in [-0.2, 0) is 13.6 Å². The molecule has 0 unspecified atom stereocenters. The molecular formula is C14H30O3Si2. The molecule has 0 aromatic heterocycles. The van der Waals surface area contributed by atoms with Gasteiger partial charge in [-0.1, -0.05) is 12.2 Å². The van der Waals surface area contributed by atoms with E-state index in [1.165, 1.54) is 0 Å². The van der Waals surface area contributed by atoms with E-state index < -0.39 is 16.6 Å². The molecule has 0 saturated heterocycles. The van der Waals surface area contributed by atoms with Crippen molar-refractivity contribution in [1.82, 2.24) is 0 Å². The maximum absolute atomic E-state index is 6.45. The molecule has 0 aliphatic rings. The summed E-state index contributed by atoms with van der Waals surface area (Å²) in [7, 11) is -3.26. The summed E-state index contributed by atoms with van der Waals surface area (Å²) < 4.78 is 17.4. The van der Waals surface area contributed by atoms with Crippen molar-refractivity contribution < 1.29 is 13.6 Å². The van der Waals surface area contributed by atoms with E-state index in [4.69, 9.17) is 13.6 Å². The Morgan fingerprint density at radius 2 is 1.16 bits per heavy atom. The van der Waals surface area contributed by atoms with E-state index in [1.54, 1.807) is 12.2 Å². The lowest BCUT2D eigenvalue weighted by atomic mass is 10.7. The molecule has 0 atom stereocenters. The Labute approximate surface area is 120 Å². The second-order valence-electron chi connectivity index (χ2n) is 5.85. The van der Waals surface area contributed by atoms with Crippen molar-refractivity contribution in [3.8, 4) is 0 Å². The fourth-order valence-corrected chi connectivity index (χ4v) is 9.89. The van der Waals surface area contributed by atoms with E-state index in [1.807, 2.05) is 0 Å². The summed E-state index contributed by atoms with van der Waals surface area (Å²) >= 11 is 0. The summed E-state index contributed by atoms with van der Waals surface area (Å²) in [6.07, 6.45) is 3.57. The van der Waals surface area contributed by atoms with Crippen molar-refractivity contribution in [3.63, 3.8) is 0 Å². The van der Waals surface area contributed by atoms with E-state index in [0.29, 0.717) is 13.2 Å². The third-order valence-corrected chi connectivity index (χ3v) is 9.96. The Bertz CT molecular complexity index is 239. The Kier molecular flexibility index (Phi) is 9.55. The maximum Gasteiger partial charge on any atom is 0.175 e. The molecule has 0 aliphatic carbocycles. The number of rotatable bonds is 12. The summed E-state index contributed by atoms with van der Waals surface area (Å²) in [6, 6.07) is 2.07. The quantitative estimate of drug-likeness (QED) is 0.312. The third kappa shape index (κ3) is 11.3. The first-order valence-electron chi connectivity index (χ1n) is 6.90. The lowest BCUT2D eigenvalue weighted by molar-refractivity contribution is 0.172. The van der Waals surface area contributed by atoms with Crippen LogP contribution in [0.5, 0.6) is 0 Å². The molecule has 19 heavy (non-hydrogen) atoms. The highest BCUT2D eigenvalue weighted by molar-refractivity contribution is 6.84. The monoisotopic (exact) mass is 302 g/mol. The smallest absolute Gasteiger partial charge is 0.175 e. The summed E-state index contributed by atoms with van der Waals surface area (Å²) in [6.45, 7) is 19.1. The molecule has 0 radical (unpaired) electrons. The molecule has 0 heterocycles. The van der Waals surface area contributed by atoms with Crippen LogP contribution in [0, 0.1) is 0 Å². The van der Waals surface area contributed by atoms with E-state index >= 15 is 0 Å². The number of hydrogen-bond donors (Lipinski definition) is 0. The van der Waals surface area contributed by atoms with Crippen LogP contribution in [0.15, 0.2) is 25.3 Å². The molecule has 0 aromatic rings. The molecule has 0 aliphatic heterocycles. The second-order valence-corrected chi connectivity index (χ2v) is 14.7. The normalized spacial score (nSPS) is 12.4. The standard InChI is InChI=1S/C14H30O3Si2/c1-7-9-15-11-13-18(3,4)17-19(5,6)14-12-16-10-8-2/h7-8H,1-2,9-14H2,3-6H3. The predicted molar refractivity (Wildman–Crippen MR) is 87.7 cm³/mol. The van der Waals surface area contributed by atoms with Crippen LogP contribution >= 0.6 is 0 Å². The van der Waals surface area contributed by atoms with Crippen molar-refractivity contribution in [2.75, 3.05) is 26.4 Å². The fourth-order valence-electron chi connectivity index (χ4n) is 1.82. The van der Waals surface area contributed by atoms with E-state index in [0.717, 1.165) is 25.3 Å². The zero-order valence-corrected chi connectivity index (χ0v) is 15.0. The van der Waals surface area contributed by atoms with Crippen LogP contribution in [0.25, 0.3) is 0 Å². The predicted octanol–water partition coefficient (Wildman–Crippen LogP) is 3.82. The van der Waals surface area contributed by atoms with Crippen LogP contribution in [-0.4, -0.2) is 43.1 Å². The summed E-state index contributed by atoms with van der Waals surface area (Å²) in [5, 5.41) is 0. The van der Waals surface area contributed by atoms with Crippen molar-refractivity contribution >= 4 is 16.6 Å². The van der Waals surface area contributed by atoms with Gasteiger partial charge in [0.1, 0.15) is 0 Å². The average Bonchev–Trinajstić information content (AvgIpc) is 2.29. The molecule has 112 valence electrons. The molecule has 0 N–H and O–H groups in total. The van der Waals surface area contributed by atoms with E-state index in [2.05, 4.69) is 39.3 Å². The van der Waals surface area contributed by atoms with Crippen molar-refractivity contribution in [1.29, 1.82) is 0 Å². The zero-order chi connectivity index (χ0) is 14.8. The minimum atomic E-state index is -1.63. The van der Waals surface area contributed by atoms with E-state index in [-0.39, 0.29) is 0 Å². The van der Waals surface area contributed by atoms with Gasteiger partial charge in [-0.05, 0) is 38.3 Å². The van der Waals surface area contributed by atoms with Gasteiger partial charge in [-0.2, -0.15) is 0 Å². The number of ether oxygens (including phenoxy) is 2. The number of hydrogen-bond acceptors (Lipinski definition) is 3. The molecule has 3 nitrogen and oxygen atoms in total. The van der Waals surface area contributed by atoms with Crippen LogP contribution in [0.4, 0.5) is 0 Å². The van der Waals surface area contributed by atoms with Crippen LogP contribution in [0.2, 0.25) is 38.3 Å². The fraction of sp³-hybridized carbons (Fsp3) is 0.714. The minimum Gasteiger partial charge on any atom is -0.455 e. The lowest BCUT2D eigenvalue weighted by Gasteiger charge is -2.34. The summed E-state index contributed by atoms with van der Waals surface area (Å²) in [5.74, 6) is 0. The zero-order valence-electron chi connectivity index (χ0n) is 13.0. The van der Waals surface area contributed by atoms with Gasteiger partial charge in [-0.15, -0.1) is 13.2 Å². The minimum absolute atomic E-state index is 0.626. The van der Waals surface area contributed by atoms with Gasteiger partial charge in [-0.25, -0.2) is 0 Å². The van der Waals surface area contributed by atoms with Crippen LogP contribution in [0.3, 0.4) is 0 Å². The van der Waals surface area contributed by atoms with Gasteiger partial charge in [0, 0.05) is 13.2 Å². The Morgan fingerprint density at radius 1 is 0.789 bits per heavy atom. The van der Waals surface area contributed by atoms with Crippen molar-refractivity contribution in [2.45, 2.75) is 38.3 Å². The van der Waals surface area contributed by atoms with Crippen molar-refractivity contribution in [2.24, 2.45) is 0 Å². The van der Waals surface area contributed by atoms with Gasteiger partial charge in [-0.3, -0.25) is 0 Å². The average molecular weight is 303 g/mol. The van der Waals surface area contributed by atoms with Gasteiger partial charge in [0.2, 0.25) is 0 Å². The first kappa shape index (κ1) is 18.8. The molecule has 0 saturated carbocycles. The summed E-state index contributed by atoms with van der Waals surface area (Å²) in [4.78, 5) is 0. The Morgan fingerprint density at radius 3 is 1.47 bits per heavy atom. The SMILES string of the molecule is C=CCOCC[Si](C)(C)O[Si](C)(C)CCOCC=C. The lowest BCUT2D eigenvalue weighted by Crippen LogP contribution is -2.45. The van der Waals surface area contributed by atoms with Gasteiger partial charge in [0.25, 0.3) is 0 Å². The van der Waals surface area contributed by atoms with Gasteiger partial charge in [0.05, 0.1) is 13.2 Å². The van der Waals surface area contributed by atoms with Gasteiger partial charge in [0.15, 0.2) is 16.6 Å². The maximum atomic E-state index is 6.45. The highest BCUT2D eigenvalue weighted by Crippen LogP contribution is 2.21. The Hall–Kier alpha value is -0.206. The molecule has 0 rings (SSSR count). The molecule has 5 heteroatoms. The van der Waals surface area contributed by atoms with Gasteiger partial charge < -0.3 is 13.6 Å². The largest absolute Gasteiger partial charge is 0.455 e. The molecule has 0 aromatic carbocycles. The highest BCUT2D eigenvalue weighted by Gasteiger charge is 2.32. The van der Waals surface area contributed by atoms with Crippen molar-refractivity contribution in [3.05, 3.63) is 25.3 Å². The Balaban J connectivity index is 3.99. The molecule has 0 bridgehead atoms. The van der Waals surface area contributed by atoms with E-state index in [9.17, 15) is 0 Å². The third-order valence-electron chi connectivity index (χ3n) is 2.72. The highest BCUT2D eigenvalue weighted by atomic mass is 28.4. The van der Waals surface area contributed by atoms with Crippen LogP contribution < -0.4 is 0 Å². The first-order chi connectivity index (χ1) is 8.83. The van der Waals surface area contributed by atoms with Gasteiger partial charge >= 0.3 is 0 Å². The summed E-state index contributed by atoms with van der Waals surface area (Å²) in [5.41, 5.74) is 0. The van der Waals surface area contributed by atoms with Crippen LogP contribution in [0.1, 0.15) is 0 Å².